The summed E-state index contributed by atoms with van der Waals surface area (Å²) >= 11 is 6.10. The molecule has 1 amide bonds. The summed E-state index contributed by atoms with van der Waals surface area (Å²) in [6.45, 7) is 2.01. The Morgan fingerprint density at radius 2 is 1.84 bits per heavy atom. The number of fused-ring (bicyclic) bond motifs is 1. The molecule has 2 aromatic heterocycles. The smallest absolute Gasteiger partial charge is 0.274 e. The third kappa shape index (κ3) is 5.90. The lowest BCUT2D eigenvalue weighted by molar-refractivity contribution is 0.0680. The Kier molecular flexibility index (Phi) is 7.93. The third-order valence-electron chi connectivity index (χ3n) is 7.36. The zero-order chi connectivity index (χ0) is 25.8. The molecule has 0 atom stereocenters. The predicted molar refractivity (Wildman–Crippen MR) is 139 cm³/mol. The van der Waals surface area contributed by atoms with Crippen molar-refractivity contribution in [1.29, 1.82) is 0 Å². The standard InChI is InChI=1S/C28H30ClF2N5O/c29-26-21(22(30)9-10-23(26)31)18-36-14-4-2-6-24-27(36)34-25(17-33-24)28(37)35-15-11-19(12-16-35)7-8-20-5-1-3-13-32-20/h1,3,5,9-10,13,17,19H,2,4,6-8,11-12,14-16,18H2. The maximum Gasteiger partial charge on any atom is 0.274 e. The van der Waals surface area contributed by atoms with Crippen LogP contribution in [0.2, 0.25) is 5.02 Å². The van der Waals surface area contributed by atoms with Crippen molar-refractivity contribution < 1.29 is 13.6 Å². The lowest BCUT2D eigenvalue weighted by Crippen LogP contribution is -2.39. The second-order valence-corrected chi connectivity index (χ2v) is 10.2. The van der Waals surface area contributed by atoms with Crippen LogP contribution in [0.3, 0.4) is 0 Å². The molecule has 0 aliphatic carbocycles. The number of hydrogen-bond acceptors (Lipinski definition) is 5. The molecule has 37 heavy (non-hydrogen) atoms. The molecule has 1 saturated heterocycles. The summed E-state index contributed by atoms with van der Waals surface area (Å²) < 4.78 is 28.5. The van der Waals surface area contributed by atoms with Crippen molar-refractivity contribution in [2.24, 2.45) is 5.92 Å². The van der Waals surface area contributed by atoms with E-state index in [1.807, 2.05) is 28.1 Å². The number of rotatable bonds is 6. The molecule has 5 rings (SSSR count). The highest BCUT2D eigenvalue weighted by atomic mass is 35.5. The van der Waals surface area contributed by atoms with E-state index in [1.165, 1.54) is 0 Å². The molecule has 0 N–H and O–H groups in total. The van der Waals surface area contributed by atoms with E-state index in [9.17, 15) is 13.6 Å². The molecule has 0 radical (unpaired) electrons. The minimum atomic E-state index is -0.661. The molecular weight excluding hydrogens is 496 g/mol. The van der Waals surface area contributed by atoms with E-state index in [0.717, 1.165) is 62.0 Å². The van der Waals surface area contributed by atoms with E-state index in [-0.39, 0.29) is 28.7 Å². The van der Waals surface area contributed by atoms with Gasteiger partial charge in [-0.15, -0.1) is 0 Å². The molecule has 9 heteroatoms. The van der Waals surface area contributed by atoms with Crippen molar-refractivity contribution in [2.45, 2.75) is 51.5 Å². The molecule has 1 fully saturated rings. The summed E-state index contributed by atoms with van der Waals surface area (Å²) in [4.78, 5) is 30.7. The number of piperidine rings is 1. The van der Waals surface area contributed by atoms with Crippen molar-refractivity contribution in [1.82, 2.24) is 19.9 Å². The zero-order valence-electron chi connectivity index (χ0n) is 20.7. The Morgan fingerprint density at radius 1 is 1.03 bits per heavy atom. The summed E-state index contributed by atoms with van der Waals surface area (Å²) in [5, 5.41) is -0.225. The first-order chi connectivity index (χ1) is 18.0. The lowest BCUT2D eigenvalue weighted by Gasteiger charge is -2.32. The van der Waals surface area contributed by atoms with Crippen LogP contribution >= 0.6 is 11.6 Å². The van der Waals surface area contributed by atoms with Gasteiger partial charge in [0.15, 0.2) is 5.82 Å². The summed E-state index contributed by atoms with van der Waals surface area (Å²) in [6.07, 6.45) is 9.73. The van der Waals surface area contributed by atoms with Crippen molar-refractivity contribution in [2.75, 3.05) is 24.5 Å². The van der Waals surface area contributed by atoms with Crippen LogP contribution in [0.25, 0.3) is 0 Å². The Hall–Kier alpha value is -3.13. The number of aromatic nitrogens is 3. The van der Waals surface area contributed by atoms with Gasteiger partial charge in [-0.2, -0.15) is 0 Å². The quantitative estimate of drug-likeness (QED) is 0.390. The molecule has 0 saturated carbocycles. The minimum Gasteiger partial charge on any atom is -0.351 e. The summed E-state index contributed by atoms with van der Waals surface area (Å²) in [7, 11) is 0. The van der Waals surface area contributed by atoms with Crippen LogP contribution in [0.5, 0.6) is 0 Å². The highest BCUT2D eigenvalue weighted by Crippen LogP contribution is 2.30. The average Bonchev–Trinajstić information content (AvgIpc) is 3.14. The molecule has 4 heterocycles. The molecule has 194 valence electrons. The highest BCUT2D eigenvalue weighted by molar-refractivity contribution is 6.31. The Bertz CT molecular complexity index is 1250. The van der Waals surface area contributed by atoms with Gasteiger partial charge in [0, 0.05) is 43.6 Å². The molecule has 1 aromatic carbocycles. The number of hydrogen-bond donors (Lipinski definition) is 0. The van der Waals surface area contributed by atoms with Crippen LogP contribution in [0.15, 0.2) is 42.7 Å². The SMILES string of the molecule is O=C(c1cnc2c(n1)N(Cc1c(F)ccc(F)c1Cl)CCCC2)N1CCC(CCc2ccccn2)CC1. The molecule has 6 nitrogen and oxygen atoms in total. The van der Waals surface area contributed by atoms with Crippen molar-refractivity contribution in [3.63, 3.8) is 0 Å². The second-order valence-electron chi connectivity index (χ2n) is 9.82. The molecule has 2 aliphatic heterocycles. The maximum atomic E-state index is 14.5. The molecular formula is C28H30ClF2N5O. The van der Waals surface area contributed by atoms with Gasteiger partial charge in [0.2, 0.25) is 0 Å². The number of anilines is 1. The largest absolute Gasteiger partial charge is 0.351 e. The summed E-state index contributed by atoms with van der Waals surface area (Å²) in [6, 6.07) is 8.09. The van der Waals surface area contributed by atoms with Gasteiger partial charge in [-0.05, 0) is 75.1 Å². The third-order valence-corrected chi connectivity index (χ3v) is 7.77. The van der Waals surface area contributed by atoms with E-state index >= 15 is 0 Å². The van der Waals surface area contributed by atoms with Gasteiger partial charge in [-0.25, -0.2) is 13.8 Å². The van der Waals surface area contributed by atoms with Crippen LogP contribution in [-0.4, -0.2) is 45.4 Å². The normalized spacial score (nSPS) is 16.4. The van der Waals surface area contributed by atoms with Crippen molar-refractivity contribution in [3.8, 4) is 0 Å². The highest BCUT2D eigenvalue weighted by Gasteiger charge is 2.27. The number of nitrogens with zero attached hydrogens (tertiary/aromatic N) is 5. The number of aryl methyl sites for hydroxylation is 2. The number of carbonyl (C=O) groups excluding carboxylic acids is 1. The van der Waals surface area contributed by atoms with E-state index in [2.05, 4.69) is 16.0 Å². The van der Waals surface area contributed by atoms with Crippen LogP contribution < -0.4 is 4.90 Å². The molecule has 2 aliphatic rings. The number of carbonyl (C=O) groups is 1. The Labute approximate surface area is 220 Å². The van der Waals surface area contributed by atoms with Gasteiger partial charge in [0.1, 0.15) is 17.3 Å². The topological polar surface area (TPSA) is 62.2 Å². The van der Waals surface area contributed by atoms with Gasteiger partial charge < -0.3 is 9.80 Å². The number of pyridine rings is 1. The van der Waals surface area contributed by atoms with E-state index in [4.69, 9.17) is 16.6 Å². The average molecular weight is 526 g/mol. The van der Waals surface area contributed by atoms with E-state index in [1.54, 1.807) is 6.20 Å². The first-order valence-corrected chi connectivity index (χ1v) is 13.3. The van der Waals surface area contributed by atoms with Crippen molar-refractivity contribution in [3.05, 3.63) is 82.0 Å². The number of likely N-dealkylation sites (tertiary alicyclic amines) is 1. The fraction of sp³-hybridized carbons (Fsp3) is 0.429. The lowest BCUT2D eigenvalue weighted by atomic mass is 9.91. The molecule has 0 spiro atoms. The fourth-order valence-corrected chi connectivity index (χ4v) is 5.39. The van der Waals surface area contributed by atoms with Crippen LogP contribution in [-0.2, 0) is 19.4 Å². The monoisotopic (exact) mass is 525 g/mol. The summed E-state index contributed by atoms with van der Waals surface area (Å²) in [5.74, 6) is -0.258. The zero-order valence-corrected chi connectivity index (χ0v) is 21.4. The van der Waals surface area contributed by atoms with Gasteiger partial charge in [-0.1, -0.05) is 17.7 Å². The predicted octanol–water partition coefficient (Wildman–Crippen LogP) is 5.63. The molecule has 3 aromatic rings. The van der Waals surface area contributed by atoms with E-state index in [0.29, 0.717) is 37.8 Å². The van der Waals surface area contributed by atoms with Gasteiger partial charge in [0.25, 0.3) is 5.91 Å². The number of halogens is 3. The Morgan fingerprint density at radius 3 is 2.62 bits per heavy atom. The number of amides is 1. The summed E-state index contributed by atoms with van der Waals surface area (Å²) in [5.41, 5.74) is 2.23. The minimum absolute atomic E-state index is 0.0589. The van der Waals surface area contributed by atoms with Gasteiger partial charge in [0.05, 0.1) is 16.9 Å². The van der Waals surface area contributed by atoms with Gasteiger partial charge in [-0.3, -0.25) is 14.8 Å². The van der Waals surface area contributed by atoms with Crippen LogP contribution in [0, 0.1) is 17.6 Å². The first kappa shape index (κ1) is 25.5. The van der Waals surface area contributed by atoms with Crippen LogP contribution in [0.4, 0.5) is 14.6 Å². The Balaban J connectivity index is 1.27. The first-order valence-electron chi connectivity index (χ1n) is 12.9. The molecule has 0 bridgehead atoms. The maximum absolute atomic E-state index is 14.5. The van der Waals surface area contributed by atoms with Gasteiger partial charge >= 0.3 is 0 Å². The fourth-order valence-electron chi connectivity index (χ4n) is 5.18. The number of benzene rings is 1. The molecule has 0 unspecified atom stereocenters. The second kappa shape index (κ2) is 11.5. The van der Waals surface area contributed by atoms with E-state index < -0.39 is 11.6 Å². The van der Waals surface area contributed by atoms with Crippen molar-refractivity contribution >= 4 is 23.3 Å². The van der Waals surface area contributed by atoms with Crippen LogP contribution in [0.1, 0.15) is 59.5 Å².